The number of nitrogens with zero attached hydrogens (tertiary/aromatic N) is 1. The van der Waals surface area contributed by atoms with E-state index in [9.17, 15) is 4.79 Å². The van der Waals surface area contributed by atoms with Gasteiger partial charge in [0.2, 0.25) is 0 Å². The number of amides is 1. The van der Waals surface area contributed by atoms with Crippen molar-refractivity contribution in [2.24, 2.45) is 0 Å². The van der Waals surface area contributed by atoms with E-state index in [1.54, 1.807) is 14.0 Å². The van der Waals surface area contributed by atoms with Crippen LogP contribution in [0.4, 0.5) is 0 Å². The van der Waals surface area contributed by atoms with Crippen molar-refractivity contribution >= 4 is 5.91 Å². The van der Waals surface area contributed by atoms with Gasteiger partial charge in [-0.2, -0.15) is 0 Å². The van der Waals surface area contributed by atoms with Crippen LogP contribution in [0.2, 0.25) is 0 Å². The fourth-order valence-corrected chi connectivity index (χ4v) is 3.05. The highest BCUT2D eigenvalue weighted by atomic mass is 16.5. The summed E-state index contributed by atoms with van der Waals surface area (Å²) >= 11 is 0. The average Bonchev–Trinajstić information content (AvgIpc) is 3.08. The van der Waals surface area contributed by atoms with Crippen LogP contribution in [-0.4, -0.2) is 24.2 Å². The van der Waals surface area contributed by atoms with Crippen LogP contribution < -0.4 is 10.1 Å². The van der Waals surface area contributed by atoms with Crippen LogP contribution in [0.3, 0.4) is 0 Å². The van der Waals surface area contributed by atoms with Crippen LogP contribution in [0.5, 0.6) is 5.75 Å². The Labute approximate surface area is 159 Å². The molecule has 0 radical (unpaired) electrons. The zero-order valence-electron chi connectivity index (χ0n) is 15.9. The molecule has 0 aliphatic heterocycles. The largest absolute Gasteiger partial charge is 0.496 e. The van der Waals surface area contributed by atoms with Crippen LogP contribution in [0.1, 0.15) is 35.0 Å². The Morgan fingerprint density at radius 3 is 2.59 bits per heavy atom. The van der Waals surface area contributed by atoms with E-state index in [4.69, 9.17) is 9.26 Å². The smallest absolute Gasteiger partial charge is 0.257 e. The molecule has 3 rings (SSSR count). The summed E-state index contributed by atoms with van der Waals surface area (Å²) in [6, 6.07) is 17.7. The van der Waals surface area contributed by atoms with Crippen LogP contribution in [-0.2, 0) is 6.42 Å². The highest BCUT2D eigenvalue weighted by Gasteiger charge is 2.24. The number of ether oxygens (including phenoxy) is 1. The number of aryl methyl sites for hydroxylation is 2. The lowest BCUT2D eigenvalue weighted by molar-refractivity contribution is 0.0938. The van der Waals surface area contributed by atoms with Gasteiger partial charge >= 0.3 is 0 Å². The lowest BCUT2D eigenvalue weighted by Crippen LogP contribution is -2.33. The summed E-state index contributed by atoms with van der Waals surface area (Å²) < 4.78 is 10.9. The van der Waals surface area contributed by atoms with Gasteiger partial charge in [-0.15, -0.1) is 0 Å². The molecule has 0 bridgehead atoms. The monoisotopic (exact) mass is 364 g/mol. The number of carbonyl (C=O) groups excluding carboxylic acids is 1. The van der Waals surface area contributed by atoms with E-state index >= 15 is 0 Å². The standard InChI is InChI=1S/C22H24N2O3/c1-15(13-14-17-9-5-4-6-10-17)23-22(25)20-16(2)24-27-21(20)18-11-7-8-12-19(18)26-3/h4-12,15H,13-14H2,1-3H3,(H,23,25). The fraction of sp³-hybridized carbons (Fsp3) is 0.273. The Morgan fingerprint density at radius 1 is 1.15 bits per heavy atom. The molecule has 140 valence electrons. The van der Waals surface area contributed by atoms with Gasteiger partial charge in [-0.3, -0.25) is 4.79 Å². The highest BCUT2D eigenvalue weighted by molar-refractivity contribution is 6.01. The van der Waals surface area contributed by atoms with Crippen molar-refractivity contribution in [3.63, 3.8) is 0 Å². The molecule has 5 nitrogen and oxygen atoms in total. The second-order valence-electron chi connectivity index (χ2n) is 6.57. The molecule has 0 aliphatic rings. The molecule has 0 spiro atoms. The molecule has 1 N–H and O–H groups in total. The number of hydrogen-bond acceptors (Lipinski definition) is 4. The summed E-state index contributed by atoms with van der Waals surface area (Å²) in [6.45, 7) is 3.78. The second kappa shape index (κ2) is 8.54. The third kappa shape index (κ3) is 4.37. The molecule has 1 heterocycles. The molecule has 1 unspecified atom stereocenters. The maximum Gasteiger partial charge on any atom is 0.257 e. The third-order valence-corrected chi connectivity index (χ3v) is 4.53. The van der Waals surface area contributed by atoms with E-state index in [2.05, 4.69) is 22.6 Å². The average molecular weight is 364 g/mol. The van der Waals surface area contributed by atoms with Crippen LogP contribution in [0.15, 0.2) is 59.1 Å². The number of hydrogen-bond donors (Lipinski definition) is 1. The number of rotatable bonds is 7. The number of para-hydroxylation sites is 1. The first-order valence-electron chi connectivity index (χ1n) is 9.04. The normalized spacial score (nSPS) is 11.8. The Balaban J connectivity index is 1.74. The lowest BCUT2D eigenvalue weighted by Gasteiger charge is -2.14. The SMILES string of the molecule is COc1ccccc1-c1onc(C)c1C(=O)NC(C)CCc1ccccc1. The molecule has 5 heteroatoms. The quantitative estimate of drug-likeness (QED) is 0.674. The molecular weight excluding hydrogens is 340 g/mol. The van der Waals surface area contributed by atoms with Crippen LogP contribution in [0.25, 0.3) is 11.3 Å². The summed E-state index contributed by atoms with van der Waals surface area (Å²) in [5.74, 6) is 0.882. The molecule has 3 aromatic rings. The van der Waals surface area contributed by atoms with Crippen molar-refractivity contribution in [3.05, 3.63) is 71.4 Å². The first-order valence-corrected chi connectivity index (χ1v) is 9.04. The molecule has 1 amide bonds. The summed E-state index contributed by atoms with van der Waals surface area (Å²) in [5.41, 5.74) is 2.98. The van der Waals surface area contributed by atoms with Crippen molar-refractivity contribution in [2.75, 3.05) is 7.11 Å². The van der Waals surface area contributed by atoms with Crippen molar-refractivity contribution < 1.29 is 14.1 Å². The summed E-state index contributed by atoms with van der Waals surface area (Å²) in [7, 11) is 1.59. The predicted octanol–water partition coefficient (Wildman–Crippen LogP) is 4.41. The summed E-state index contributed by atoms with van der Waals surface area (Å²) in [6.07, 6.45) is 1.76. The Hall–Kier alpha value is -3.08. The number of benzene rings is 2. The van der Waals surface area contributed by atoms with Crippen molar-refractivity contribution in [1.29, 1.82) is 0 Å². The number of aromatic nitrogens is 1. The van der Waals surface area contributed by atoms with Gasteiger partial charge in [-0.25, -0.2) is 0 Å². The van der Waals surface area contributed by atoms with Gasteiger partial charge in [0.1, 0.15) is 11.3 Å². The number of nitrogens with one attached hydrogen (secondary N) is 1. The minimum atomic E-state index is -0.185. The van der Waals surface area contributed by atoms with Crippen LogP contribution >= 0.6 is 0 Å². The Morgan fingerprint density at radius 2 is 1.85 bits per heavy atom. The van der Waals surface area contributed by atoms with Crippen molar-refractivity contribution in [3.8, 4) is 17.1 Å². The fourth-order valence-electron chi connectivity index (χ4n) is 3.05. The van der Waals surface area contributed by atoms with Gasteiger partial charge in [0, 0.05) is 6.04 Å². The zero-order valence-corrected chi connectivity index (χ0v) is 15.9. The molecule has 1 aromatic heterocycles. The maximum atomic E-state index is 12.9. The molecular formula is C22H24N2O3. The number of methoxy groups -OCH3 is 1. The topological polar surface area (TPSA) is 64.4 Å². The molecule has 0 saturated heterocycles. The van der Waals surface area contributed by atoms with E-state index in [1.165, 1.54) is 5.56 Å². The van der Waals surface area contributed by atoms with E-state index < -0.39 is 0 Å². The minimum absolute atomic E-state index is 0.0255. The predicted molar refractivity (Wildman–Crippen MR) is 105 cm³/mol. The number of carbonyl (C=O) groups is 1. The molecule has 0 saturated carbocycles. The minimum Gasteiger partial charge on any atom is -0.496 e. The van der Waals surface area contributed by atoms with Gasteiger partial charge < -0.3 is 14.6 Å². The van der Waals surface area contributed by atoms with E-state index in [-0.39, 0.29) is 11.9 Å². The van der Waals surface area contributed by atoms with Gasteiger partial charge in [0.05, 0.1) is 18.4 Å². The van der Waals surface area contributed by atoms with E-state index in [0.717, 1.165) is 12.8 Å². The summed E-state index contributed by atoms with van der Waals surface area (Å²) in [5, 5.41) is 7.06. The second-order valence-corrected chi connectivity index (χ2v) is 6.57. The van der Waals surface area contributed by atoms with Crippen LogP contribution in [0, 0.1) is 6.92 Å². The maximum absolute atomic E-state index is 12.9. The van der Waals surface area contributed by atoms with Crippen molar-refractivity contribution in [2.45, 2.75) is 32.7 Å². The molecule has 27 heavy (non-hydrogen) atoms. The first kappa shape index (κ1) is 18.7. The molecule has 1 atom stereocenters. The first-order chi connectivity index (χ1) is 13.1. The van der Waals surface area contributed by atoms with Gasteiger partial charge in [0.15, 0.2) is 5.76 Å². The highest BCUT2D eigenvalue weighted by Crippen LogP contribution is 2.33. The molecule has 0 fully saturated rings. The molecule has 2 aromatic carbocycles. The van der Waals surface area contributed by atoms with Gasteiger partial charge in [-0.05, 0) is 44.4 Å². The van der Waals surface area contributed by atoms with Gasteiger partial charge in [-0.1, -0.05) is 47.6 Å². The Bertz CT molecular complexity index is 903. The van der Waals surface area contributed by atoms with E-state index in [1.807, 2.05) is 49.4 Å². The third-order valence-electron chi connectivity index (χ3n) is 4.53. The van der Waals surface area contributed by atoms with Crippen molar-refractivity contribution in [1.82, 2.24) is 10.5 Å². The van der Waals surface area contributed by atoms with Gasteiger partial charge in [0.25, 0.3) is 5.91 Å². The van der Waals surface area contributed by atoms with E-state index in [0.29, 0.717) is 28.3 Å². The Kier molecular flexibility index (Phi) is 5.91. The summed E-state index contributed by atoms with van der Waals surface area (Å²) in [4.78, 5) is 12.9. The molecule has 0 aliphatic carbocycles. The zero-order chi connectivity index (χ0) is 19.2. The lowest BCUT2D eigenvalue weighted by atomic mass is 10.0.